The van der Waals surface area contributed by atoms with E-state index in [9.17, 15) is 4.79 Å². The molecule has 0 unspecified atom stereocenters. The molecule has 1 N–H and O–H groups in total. The van der Waals surface area contributed by atoms with E-state index in [4.69, 9.17) is 4.52 Å². The molecule has 2 aromatic heterocycles. The Kier molecular flexibility index (Phi) is 3.44. The van der Waals surface area contributed by atoms with E-state index >= 15 is 0 Å². The fourth-order valence-electron chi connectivity index (χ4n) is 2.21. The molecule has 0 spiro atoms. The molecule has 0 atom stereocenters. The van der Waals surface area contributed by atoms with Crippen molar-refractivity contribution >= 4 is 34.9 Å². The van der Waals surface area contributed by atoms with Crippen molar-refractivity contribution in [3.8, 4) is 10.6 Å². The standard InChI is InChI=1S/C15H11N3O2S2/c19-13(17-14-10-6-21-7-11(10)18-20-14)12-8-22-15(16-12)9-4-2-1-3-5-9/h1-5,8H,6-7H2,(H,17,19). The smallest absolute Gasteiger partial charge is 0.277 e. The first kappa shape index (κ1) is 13.5. The second kappa shape index (κ2) is 5.58. The highest BCUT2D eigenvalue weighted by molar-refractivity contribution is 7.98. The summed E-state index contributed by atoms with van der Waals surface area (Å²) in [6.07, 6.45) is 0. The average Bonchev–Trinajstić information content (AvgIpc) is 3.26. The summed E-state index contributed by atoms with van der Waals surface area (Å²) in [5.41, 5.74) is 3.29. The van der Waals surface area contributed by atoms with Crippen molar-refractivity contribution in [2.75, 3.05) is 5.32 Å². The van der Waals surface area contributed by atoms with Gasteiger partial charge in [-0.15, -0.1) is 11.3 Å². The van der Waals surface area contributed by atoms with E-state index in [-0.39, 0.29) is 5.91 Å². The van der Waals surface area contributed by atoms with Crippen LogP contribution in [0.3, 0.4) is 0 Å². The third-order valence-electron chi connectivity index (χ3n) is 3.34. The Labute approximate surface area is 134 Å². The van der Waals surface area contributed by atoms with Crippen LogP contribution in [0.4, 0.5) is 5.88 Å². The highest BCUT2D eigenvalue weighted by Gasteiger charge is 2.23. The number of hydrogen-bond donors (Lipinski definition) is 1. The zero-order chi connectivity index (χ0) is 14.9. The molecule has 5 nitrogen and oxygen atoms in total. The Morgan fingerprint density at radius 1 is 1.23 bits per heavy atom. The first-order valence-electron chi connectivity index (χ1n) is 6.69. The van der Waals surface area contributed by atoms with Crippen molar-refractivity contribution in [2.24, 2.45) is 0 Å². The maximum atomic E-state index is 12.3. The molecule has 0 saturated heterocycles. The lowest BCUT2D eigenvalue weighted by atomic mass is 10.2. The number of carbonyl (C=O) groups is 1. The summed E-state index contributed by atoms with van der Waals surface area (Å²) in [6, 6.07) is 9.80. The lowest BCUT2D eigenvalue weighted by molar-refractivity contribution is 0.101. The van der Waals surface area contributed by atoms with Crippen LogP contribution in [0, 0.1) is 0 Å². The minimum atomic E-state index is -0.269. The number of benzene rings is 1. The number of thiazole rings is 1. The van der Waals surface area contributed by atoms with Gasteiger partial charge in [0, 0.05) is 22.4 Å². The first-order valence-corrected chi connectivity index (χ1v) is 8.72. The Balaban J connectivity index is 1.55. The molecule has 110 valence electrons. The van der Waals surface area contributed by atoms with E-state index in [0.717, 1.165) is 33.3 Å². The van der Waals surface area contributed by atoms with Crippen LogP contribution < -0.4 is 5.32 Å². The fraction of sp³-hybridized carbons (Fsp3) is 0.133. The van der Waals surface area contributed by atoms with Gasteiger partial charge in [-0.3, -0.25) is 10.1 Å². The van der Waals surface area contributed by atoms with Gasteiger partial charge in [0.2, 0.25) is 5.88 Å². The van der Waals surface area contributed by atoms with Crippen LogP contribution in [0.15, 0.2) is 40.2 Å². The number of carbonyl (C=O) groups excluding carboxylic acids is 1. The number of rotatable bonds is 3. The van der Waals surface area contributed by atoms with Gasteiger partial charge in [-0.25, -0.2) is 4.98 Å². The first-order chi connectivity index (χ1) is 10.8. The van der Waals surface area contributed by atoms with Crippen molar-refractivity contribution in [3.05, 3.63) is 52.7 Å². The molecule has 22 heavy (non-hydrogen) atoms. The SMILES string of the molecule is O=C(Nc1onc2c1CSC2)c1csc(-c2ccccc2)n1. The van der Waals surface area contributed by atoms with Gasteiger partial charge in [-0.1, -0.05) is 35.5 Å². The minimum absolute atomic E-state index is 0.269. The number of hydrogen-bond acceptors (Lipinski definition) is 6. The third kappa shape index (κ3) is 2.42. The fourth-order valence-corrected chi connectivity index (χ4v) is 4.04. The van der Waals surface area contributed by atoms with Gasteiger partial charge in [0.15, 0.2) is 0 Å². The highest BCUT2D eigenvalue weighted by Crippen LogP contribution is 2.34. The van der Waals surface area contributed by atoms with Crippen molar-refractivity contribution in [1.82, 2.24) is 10.1 Å². The van der Waals surface area contributed by atoms with Gasteiger partial charge >= 0.3 is 0 Å². The topological polar surface area (TPSA) is 68.0 Å². The number of anilines is 1. The molecule has 0 bridgehead atoms. The van der Waals surface area contributed by atoms with E-state index in [2.05, 4.69) is 15.5 Å². The summed E-state index contributed by atoms with van der Waals surface area (Å²) in [5.74, 6) is 1.83. The number of thioether (sulfide) groups is 1. The molecule has 0 aliphatic carbocycles. The lowest BCUT2D eigenvalue weighted by Gasteiger charge is -1.99. The van der Waals surface area contributed by atoms with Crippen molar-refractivity contribution in [1.29, 1.82) is 0 Å². The van der Waals surface area contributed by atoms with Gasteiger partial charge in [-0.05, 0) is 0 Å². The van der Waals surface area contributed by atoms with Crippen LogP contribution in [0.1, 0.15) is 21.7 Å². The second-order valence-electron chi connectivity index (χ2n) is 4.79. The molecular formula is C15H11N3O2S2. The van der Waals surface area contributed by atoms with E-state index < -0.39 is 0 Å². The molecule has 3 aromatic rings. The van der Waals surface area contributed by atoms with E-state index in [1.54, 1.807) is 17.1 Å². The summed E-state index contributed by atoms with van der Waals surface area (Å²) in [4.78, 5) is 16.7. The molecule has 7 heteroatoms. The predicted molar refractivity (Wildman–Crippen MR) is 87.0 cm³/mol. The maximum absolute atomic E-state index is 12.3. The Morgan fingerprint density at radius 3 is 2.95 bits per heavy atom. The third-order valence-corrected chi connectivity index (χ3v) is 5.20. The number of nitrogens with one attached hydrogen (secondary N) is 1. The van der Waals surface area contributed by atoms with Gasteiger partial charge in [0.25, 0.3) is 5.91 Å². The normalized spacial score (nSPS) is 13.1. The number of nitrogens with zero attached hydrogens (tertiary/aromatic N) is 2. The quantitative estimate of drug-likeness (QED) is 0.791. The van der Waals surface area contributed by atoms with Crippen LogP contribution in [0.5, 0.6) is 0 Å². The molecule has 4 rings (SSSR count). The molecule has 1 amide bonds. The van der Waals surface area contributed by atoms with Crippen LogP contribution >= 0.6 is 23.1 Å². The van der Waals surface area contributed by atoms with Gasteiger partial charge in [0.05, 0.1) is 11.3 Å². The minimum Gasteiger partial charge on any atom is -0.338 e. The summed E-state index contributed by atoms with van der Waals surface area (Å²) >= 11 is 3.21. The van der Waals surface area contributed by atoms with Crippen LogP contribution in [0.2, 0.25) is 0 Å². The lowest BCUT2D eigenvalue weighted by Crippen LogP contribution is -2.12. The largest absolute Gasteiger partial charge is 0.338 e. The van der Waals surface area contributed by atoms with E-state index in [1.165, 1.54) is 11.3 Å². The van der Waals surface area contributed by atoms with Gasteiger partial charge in [0.1, 0.15) is 10.7 Å². The molecule has 0 radical (unpaired) electrons. The number of amides is 1. The molecular weight excluding hydrogens is 318 g/mol. The van der Waals surface area contributed by atoms with Gasteiger partial charge < -0.3 is 4.52 Å². The average molecular weight is 329 g/mol. The number of fused-ring (bicyclic) bond motifs is 1. The van der Waals surface area contributed by atoms with E-state index in [1.807, 2.05) is 30.3 Å². The van der Waals surface area contributed by atoms with Crippen molar-refractivity contribution in [2.45, 2.75) is 11.5 Å². The molecule has 3 heterocycles. The molecule has 1 aliphatic rings. The monoisotopic (exact) mass is 329 g/mol. The summed E-state index contributed by atoms with van der Waals surface area (Å²) in [7, 11) is 0. The highest BCUT2D eigenvalue weighted by atomic mass is 32.2. The zero-order valence-corrected chi connectivity index (χ0v) is 13.0. The summed E-state index contributed by atoms with van der Waals surface area (Å²) in [6.45, 7) is 0. The Morgan fingerprint density at radius 2 is 2.09 bits per heavy atom. The van der Waals surface area contributed by atoms with Gasteiger partial charge in [-0.2, -0.15) is 11.8 Å². The van der Waals surface area contributed by atoms with Crippen molar-refractivity contribution < 1.29 is 9.32 Å². The zero-order valence-electron chi connectivity index (χ0n) is 11.4. The predicted octanol–water partition coefficient (Wildman–Crippen LogP) is 3.80. The van der Waals surface area contributed by atoms with Crippen LogP contribution in [-0.4, -0.2) is 16.0 Å². The van der Waals surface area contributed by atoms with E-state index in [0.29, 0.717) is 11.6 Å². The van der Waals surface area contributed by atoms with Crippen molar-refractivity contribution in [3.63, 3.8) is 0 Å². The molecule has 0 saturated carbocycles. The molecule has 1 aliphatic heterocycles. The van der Waals surface area contributed by atoms with Crippen LogP contribution in [0.25, 0.3) is 10.6 Å². The maximum Gasteiger partial charge on any atom is 0.277 e. The Hall–Kier alpha value is -2.12. The number of aromatic nitrogens is 2. The molecule has 1 aromatic carbocycles. The van der Waals surface area contributed by atoms with Crippen LogP contribution in [-0.2, 0) is 11.5 Å². The second-order valence-corrected chi connectivity index (χ2v) is 6.63. The Bertz CT molecular complexity index is 826. The summed E-state index contributed by atoms with van der Waals surface area (Å²) < 4.78 is 5.20. The molecule has 0 fully saturated rings. The summed E-state index contributed by atoms with van der Waals surface area (Å²) in [5, 5.41) is 9.31.